The number of carbonyl (C=O) groups excluding carboxylic acids is 1. The molecular formula is C18H25NO5S. The third kappa shape index (κ3) is 4.81. The van der Waals surface area contributed by atoms with Crippen LogP contribution in [0.25, 0.3) is 0 Å². The summed E-state index contributed by atoms with van der Waals surface area (Å²) in [4.78, 5) is 25.5. The number of hydrogen-bond acceptors (Lipinski definition) is 4. The molecule has 6 nitrogen and oxygen atoms in total. The topological polar surface area (TPSA) is 91.8 Å². The lowest BCUT2D eigenvalue weighted by molar-refractivity contribution is -0.143. The summed E-state index contributed by atoms with van der Waals surface area (Å²) in [6.07, 6.45) is 1.66. The fraction of sp³-hybridized carbons (Fsp3) is 0.556. The minimum Gasteiger partial charge on any atom is -0.481 e. The van der Waals surface area contributed by atoms with Crippen molar-refractivity contribution in [1.82, 2.24) is 4.90 Å². The van der Waals surface area contributed by atoms with E-state index in [9.17, 15) is 23.1 Å². The van der Waals surface area contributed by atoms with E-state index in [1.165, 1.54) is 17.0 Å². The Morgan fingerprint density at radius 3 is 2.60 bits per heavy atom. The second-order valence-electron chi connectivity index (χ2n) is 6.93. The Balaban J connectivity index is 2.28. The maximum atomic E-state index is 12.8. The highest BCUT2D eigenvalue weighted by molar-refractivity contribution is 7.91. The van der Waals surface area contributed by atoms with Crippen LogP contribution in [0.2, 0.25) is 0 Å². The summed E-state index contributed by atoms with van der Waals surface area (Å²) >= 11 is 0. The van der Waals surface area contributed by atoms with Gasteiger partial charge in [0.25, 0.3) is 5.91 Å². The van der Waals surface area contributed by atoms with Crippen LogP contribution in [-0.2, 0) is 14.6 Å². The molecule has 1 saturated heterocycles. The maximum absolute atomic E-state index is 12.8. The highest BCUT2D eigenvalue weighted by atomic mass is 32.2. The molecule has 1 aromatic carbocycles. The summed E-state index contributed by atoms with van der Waals surface area (Å²) in [5, 5.41) is 9.18. The molecule has 1 unspecified atom stereocenters. The SMILES string of the molecule is CC(C)CCS(=O)(=O)c1ccccc1C(=O)N1CCCC(C(=O)O)C1. The van der Waals surface area contributed by atoms with Gasteiger partial charge in [-0.25, -0.2) is 8.42 Å². The quantitative estimate of drug-likeness (QED) is 0.834. The Bertz CT molecular complexity index is 742. The van der Waals surface area contributed by atoms with E-state index in [4.69, 9.17) is 0 Å². The first-order valence-corrected chi connectivity index (χ1v) is 10.2. The number of carbonyl (C=O) groups is 2. The molecule has 1 fully saturated rings. The molecule has 1 aliphatic rings. The number of piperidine rings is 1. The number of amides is 1. The molecule has 0 spiro atoms. The van der Waals surface area contributed by atoms with Crippen LogP contribution < -0.4 is 0 Å². The fourth-order valence-electron chi connectivity index (χ4n) is 2.95. The lowest BCUT2D eigenvalue weighted by atomic mass is 9.97. The summed E-state index contributed by atoms with van der Waals surface area (Å²) in [6, 6.07) is 6.21. The van der Waals surface area contributed by atoms with Gasteiger partial charge in [-0.1, -0.05) is 26.0 Å². The molecule has 1 aromatic rings. The van der Waals surface area contributed by atoms with E-state index in [0.29, 0.717) is 25.8 Å². The fourth-order valence-corrected chi connectivity index (χ4v) is 4.73. The summed E-state index contributed by atoms with van der Waals surface area (Å²) in [5.41, 5.74) is 0.136. The first kappa shape index (κ1) is 19.4. The zero-order chi connectivity index (χ0) is 18.6. The van der Waals surface area contributed by atoms with Crippen molar-refractivity contribution >= 4 is 21.7 Å². The van der Waals surface area contributed by atoms with Crippen LogP contribution in [0.4, 0.5) is 0 Å². The van der Waals surface area contributed by atoms with Crippen molar-refractivity contribution in [1.29, 1.82) is 0 Å². The van der Waals surface area contributed by atoms with Crippen LogP contribution >= 0.6 is 0 Å². The van der Waals surface area contributed by atoms with E-state index in [1.807, 2.05) is 13.8 Å². The number of nitrogens with zero attached hydrogens (tertiary/aromatic N) is 1. The summed E-state index contributed by atoms with van der Waals surface area (Å²) < 4.78 is 25.3. The molecule has 0 saturated carbocycles. The van der Waals surface area contributed by atoms with Crippen molar-refractivity contribution in [3.8, 4) is 0 Å². The predicted molar refractivity (Wildman–Crippen MR) is 94.2 cm³/mol. The van der Waals surface area contributed by atoms with E-state index in [-0.39, 0.29) is 28.7 Å². The monoisotopic (exact) mass is 367 g/mol. The van der Waals surface area contributed by atoms with Crippen molar-refractivity contribution in [2.45, 2.75) is 38.0 Å². The molecular weight excluding hydrogens is 342 g/mol. The second kappa shape index (κ2) is 7.99. The lowest BCUT2D eigenvalue weighted by Crippen LogP contribution is -2.42. The number of benzene rings is 1. The maximum Gasteiger partial charge on any atom is 0.308 e. The van der Waals surface area contributed by atoms with E-state index in [0.717, 1.165) is 0 Å². The Labute approximate surface area is 148 Å². The first-order valence-electron chi connectivity index (χ1n) is 8.56. The molecule has 25 heavy (non-hydrogen) atoms. The summed E-state index contributed by atoms with van der Waals surface area (Å²) in [6.45, 7) is 4.47. The van der Waals surface area contributed by atoms with Gasteiger partial charge in [-0.3, -0.25) is 9.59 Å². The van der Waals surface area contributed by atoms with Gasteiger partial charge < -0.3 is 10.0 Å². The van der Waals surface area contributed by atoms with Gasteiger partial charge in [0.05, 0.1) is 22.1 Å². The van der Waals surface area contributed by atoms with Gasteiger partial charge in [0, 0.05) is 13.1 Å². The smallest absolute Gasteiger partial charge is 0.308 e. The molecule has 1 N–H and O–H groups in total. The Kier molecular flexibility index (Phi) is 6.21. The molecule has 0 bridgehead atoms. The van der Waals surface area contributed by atoms with E-state index in [1.54, 1.807) is 12.1 Å². The van der Waals surface area contributed by atoms with E-state index >= 15 is 0 Å². The van der Waals surface area contributed by atoms with Crippen LogP contribution in [0.15, 0.2) is 29.2 Å². The molecule has 1 heterocycles. The summed E-state index contributed by atoms with van der Waals surface area (Å²) in [5.74, 6) is -1.68. The number of aliphatic carboxylic acids is 1. The second-order valence-corrected chi connectivity index (χ2v) is 9.00. The average Bonchev–Trinajstić information content (AvgIpc) is 2.59. The van der Waals surface area contributed by atoms with Crippen LogP contribution in [0.1, 0.15) is 43.5 Å². The molecule has 0 aliphatic carbocycles. The number of likely N-dealkylation sites (tertiary alicyclic amines) is 1. The van der Waals surface area contributed by atoms with Gasteiger partial charge in [-0.05, 0) is 37.3 Å². The Morgan fingerprint density at radius 2 is 1.96 bits per heavy atom. The predicted octanol–water partition coefficient (Wildman–Crippen LogP) is 2.44. The van der Waals surface area contributed by atoms with Gasteiger partial charge in [-0.15, -0.1) is 0 Å². The first-order chi connectivity index (χ1) is 11.7. The third-order valence-electron chi connectivity index (χ3n) is 4.47. The number of sulfone groups is 1. The lowest BCUT2D eigenvalue weighted by Gasteiger charge is -2.31. The van der Waals surface area contributed by atoms with Crippen molar-refractivity contribution in [3.63, 3.8) is 0 Å². The van der Waals surface area contributed by atoms with Crippen LogP contribution in [-0.4, -0.2) is 49.1 Å². The van der Waals surface area contributed by atoms with Crippen LogP contribution in [0.5, 0.6) is 0 Å². The number of hydrogen-bond donors (Lipinski definition) is 1. The minimum absolute atomic E-state index is 0.00723. The zero-order valence-corrected chi connectivity index (χ0v) is 15.5. The largest absolute Gasteiger partial charge is 0.481 e. The van der Waals surface area contributed by atoms with Crippen molar-refractivity contribution in [2.24, 2.45) is 11.8 Å². The molecule has 0 radical (unpaired) electrons. The number of carboxylic acids is 1. The highest BCUT2D eigenvalue weighted by Gasteiger charge is 2.31. The van der Waals surface area contributed by atoms with Gasteiger partial charge >= 0.3 is 5.97 Å². The molecule has 2 rings (SSSR count). The van der Waals surface area contributed by atoms with Crippen LogP contribution in [0, 0.1) is 11.8 Å². The van der Waals surface area contributed by atoms with Gasteiger partial charge in [0.15, 0.2) is 9.84 Å². The molecule has 1 aliphatic heterocycles. The molecule has 7 heteroatoms. The van der Waals surface area contributed by atoms with Gasteiger partial charge in [0.2, 0.25) is 0 Å². The average molecular weight is 367 g/mol. The summed E-state index contributed by atoms with van der Waals surface area (Å²) in [7, 11) is -3.56. The highest BCUT2D eigenvalue weighted by Crippen LogP contribution is 2.24. The Hall–Kier alpha value is -1.89. The number of rotatable bonds is 6. The van der Waals surface area contributed by atoms with E-state index in [2.05, 4.69) is 0 Å². The van der Waals surface area contributed by atoms with Crippen molar-refractivity contribution in [2.75, 3.05) is 18.8 Å². The number of carboxylic acid groups (broad SMARTS) is 1. The van der Waals surface area contributed by atoms with Gasteiger partial charge in [-0.2, -0.15) is 0 Å². The minimum atomic E-state index is -3.56. The van der Waals surface area contributed by atoms with Crippen molar-refractivity contribution < 1.29 is 23.1 Å². The standard InChI is InChI=1S/C18H25NO5S/c1-13(2)9-11-25(23,24)16-8-4-3-7-15(16)17(20)19-10-5-6-14(12-19)18(21)22/h3-4,7-8,13-14H,5-6,9-12H2,1-2H3,(H,21,22). The third-order valence-corrected chi connectivity index (χ3v) is 6.27. The van der Waals surface area contributed by atoms with E-state index < -0.39 is 27.6 Å². The normalized spacial score (nSPS) is 18.4. The van der Waals surface area contributed by atoms with Crippen LogP contribution in [0.3, 0.4) is 0 Å². The van der Waals surface area contributed by atoms with Gasteiger partial charge in [0.1, 0.15) is 0 Å². The zero-order valence-electron chi connectivity index (χ0n) is 14.6. The van der Waals surface area contributed by atoms with Crippen molar-refractivity contribution in [3.05, 3.63) is 29.8 Å². The molecule has 1 amide bonds. The Morgan fingerprint density at radius 1 is 1.28 bits per heavy atom. The molecule has 138 valence electrons. The molecule has 1 atom stereocenters. The molecule has 0 aromatic heterocycles.